The lowest BCUT2D eigenvalue weighted by atomic mass is 10.1. The van der Waals surface area contributed by atoms with Crippen molar-refractivity contribution in [2.24, 2.45) is 0 Å². The second-order valence-electron chi connectivity index (χ2n) is 6.71. The van der Waals surface area contributed by atoms with E-state index in [0.29, 0.717) is 22.5 Å². The third kappa shape index (κ3) is 3.58. The van der Waals surface area contributed by atoms with Crippen LogP contribution in [0.1, 0.15) is 21.8 Å². The summed E-state index contributed by atoms with van der Waals surface area (Å²) in [5.74, 6) is -0.347. The molecule has 9 heteroatoms. The van der Waals surface area contributed by atoms with Crippen LogP contribution in [-0.2, 0) is 6.54 Å². The van der Waals surface area contributed by atoms with Crippen LogP contribution >= 0.6 is 23.2 Å². The number of hydrogen-bond donors (Lipinski definition) is 0. The predicted molar refractivity (Wildman–Crippen MR) is 116 cm³/mol. The molecular weight excluding hydrogens is 437 g/mol. The van der Waals surface area contributed by atoms with E-state index in [2.05, 4.69) is 20.2 Å². The van der Waals surface area contributed by atoms with E-state index in [1.807, 2.05) is 53.1 Å². The molecule has 5 aromatic rings. The van der Waals surface area contributed by atoms with E-state index in [0.717, 1.165) is 11.1 Å². The van der Waals surface area contributed by atoms with Gasteiger partial charge in [0.15, 0.2) is 0 Å². The Labute approximate surface area is 186 Å². The number of para-hydroxylation sites is 1. The first-order valence-corrected chi connectivity index (χ1v) is 10.0. The maximum absolute atomic E-state index is 13.3. The highest BCUT2D eigenvalue weighted by Gasteiger charge is 2.27. The number of carbonyl (C=O) groups is 1. The Balaban J connectivity index is 1.57. The van der Waals surface area contributed by atoms with Crippen molar-refractivity contribution >= 4 is 39.9 Å². The van der Waals surface area contributed by atoms with Gasteiger partial charge in [-0.1, -0.05) is 53.5 Å². The number of hydrogen-bond acceptors (Lipinski definition) is 6. The molecule has 0 unspecified atom stereocenters. The second-order valence-corrected chi connectivity index (χ2v) is 7.50. The molecule has 0 saturated carbocycles. The van der Waals surface area contributed by atoms with E-state index < -0.39 is 5.78 Å². The first kappa shape index (κ1) is 19.4. The lowest BCUT2D eigenvalue weighted by Gasteiger charge is -2.07. The number of benzene rings is 2. The molecule has 0 aliphatic rings. The van der Waals surface area contributed by atoms with Crippen molar-refractivity contribution in [1.29, 1.82) is 0 Å². The van der Waals surface area contributed by atoms with Crippen molar-refractivity contribution in [3.63, 3.8) is 0 Å². The molecule has 0 amide bonds. The van der Waals surface area contributed by atoms with Crippen molar-refractivity contribution in [3.05, 3.63) is 94.2 Å². The average Bonchev–Trinajstić information content (AvgIpc) is 3.40. The number of carbonyl (C=O) groups excluding carboxylic acids is 1. The first-order valence-electron chi connectivity index (χ1n) is 9.28. The van der Waals surface area contributed by atoms with Crippen molar-refractivity contribution in [2.75, 3.05) is 0 Å². The van der Waals surface area contributed by atoms with E-state index in [4.69, 9.17) is 27.6 Å². The van der Waals surface area contributed by atoms with Gasteiger partial charge in [0.2, 0.25) is 5.82 Å². The van der Waals surface area contributed by atoms with Crippen LogP contribution in [0.2, 0.25) is 10.2 Å². The molecule has 2 aromatic carbocycles. The Morgan fingerprint density at radius 2 is 1.68 bits per heavy atom. The molecule has 5 rings (SSSR count). The summed E-state index contributed by atoms with van der Waals surface area (Å²) >= 11 is 12.7. The number of fused-ring (bicyclic) bond motifs is 1. The summed E-state index contributed by atoms with van der Waals surface area (Å²) < 4.78 is 7.42. The third-order valence-corrected chi connectivity index (χ3v) is 5.41. The van der Waals surface area contributed by atoms with Gasteiger partial charge in [0, 0.05) is 29.3 Å². The maximum atomic E-state index is 13.3. The summed E-state index contributed by atoms with van der Waals surface area (Å²) in [5.41, 5.74) is 2.11. The highest BCUT2D eigenvalue weighted by Crippen LogP contribution is 2.33. The molecule has 0 atom stereocenters. The van der Waals surface area contributed by atoms with Crippen molar-refractivity contribution < 1.29 is 9.21 Å². The maximum Gasteiger partial charge on any atom is 0.289 e. The molecule has 0 radical (unpaired) electrons. The summed E-state index contributed by atoms with van der Waals surface area (Å²) in [4.78, 5) is 21.4. The van der Waals surface area contributed by atoms with Gasteiger partial charge in [-0.05, 0) is 29.8 Å². The monoisotopic (exact) mass is 449 g/mol. The summed E-state index contributed by atoms with van der Waals surface area (Å²) in [5, 5.41) is 9.43. The zero-order chi connectivity index (χ0) is 21.4. The first-order chi connectivity index (χ1) is 15.1. The number of halogens is 2. The molecule has 0 spiro atoms. The average molecular weight is 450 g/mol. The van der Waals surface area contributed by atoms with Crippen LogP contribution in [0.3, 0.4) is 0 Å². The Kier molecular flexibility index (Phi) is 4.97. The van der Waals surface area contributed by atoms with Crippen LogP contribution in [0.5, 0.6) is 0 Å². The molecule has 0 N–H and O–H groups in total. The van der Waals surface area contributed by atoms with Crippen molar-refractivity contribution in [3.8, 4) is 11.7 Å². The summed E-state index contributed by atoms with van der Waals surface area (Å²) in [6.45, 7) is 0.469. The number of ketones is 1. The van der Waals surface area contributed by atoms with Crippen LogP contribution in [0.4, 0.5) is 0 Å². The SMILES string of the molecule is O=C(c1nnc(-c2ncccn2)o1)c1c(Cl)n(Cc2ccc(Cl)cc2)c2ccccc12. The number of aromatic nitrogens is 5. The number of rotatable bonds is 5. The van der Waals surface area contributed by atoms with Gasteiger partial charge in [-0.25, -0.2) is 9.97 Å². The standard InChI is InChI=1S/C22H13Cl2N5O2/c23-14-8-6-13(7-9-14)12-29-16-5-2-1-4-15(16)17(19(29)24)18(30)21-27-28-22(31-21)20-25-10-3-11-26-20/h1-11H,12H2. The van der Waals surface area contributed by atoms with Gasteiger partial charge in [0.05, 0.1) is 11.1 Å². The van der Waals surface area contributed by atoms with Gasteiger partial charge < -0.3 is 8.98 Å². The molecule has 0 bridgehead atoms. The van der Waals surface area contributed by atoms with Crippen LogP contribution in [0, 0.1) is 0 Å². The highest BCUT2D eigenvalue weighted by atomic mass is 35.5. The molecule has 3 heterocycles. The minimum atomic E-state index is -0.467. The summed E-state index contributed by atoms with van der Waals surface area (Å²) in [7, 11) is 0. The molecule has 152 valence electrons. The van der Waals surface area contributed by atoms with Gasteiger partial charge in [-0.2, -0.15) is 0 Å². The molecule has 0 aliphatic carbocycles. The molecule has 0 aliphatic heterocycles. The van der Waals surface area contributed by atoms with E-state index in [1.54, 1.807) is 18.5 Å². The number of nitrogens with zero attached hydrogens (tertiary/aromatic N) is 5. The van der Waals surface area contributed by atoms with Gasteiger partial charge in [-0.3, -0.25) is 4.79 Å². The molecule has 0 fully saturated rings. The van der Waals surface area contributed by atoms with Crippen molar-refractivity contribution in [1.82, 2.24) is 24.7 Å². The van der Waals surface area contributed by atoms with Crippen molar-refractivity contribution in [2.45, 2.75) is 6.54 Å². The predicted octanol–water partition coefficient (Wildman–Crippen LogP) is 5.07. The summed E-state index contributed by atoms with van der Waals surface area (Å²) in [6, 6.07) is 16.6. The van der Waals surface area contributed by atoms with E-state index in [1.165, 1.54) is 0 Å². The minimum absolute atomic E-state index is 0.0602. The van der Waals surface area contributed by atoms with E-state index in [-0.39, 0.29) is 22.8 Å². The quantitative estimate of drug-likeness (QED) is 0.348. The van der Waals surface area contributed by atoms with Gasteiger partial charge >= 0.3 is 0 Å². The van der Waals surface area contributed by atoms with Gasteiger partial charge in [0.1, 0.15) is 5.15 Å². The Morgan fingerprint density at radius 3 is 2.45 bits per heavy atom. The smallest absolute Gasteiger partial charge is 0.289 e. The largest absolute Gasteiger partial charge is 0.410 e. The van der Waals surface area contributed by atoms with Crippen LogP contribution < -0.4 is 0 Å². The van der Waals surface area contributed by atoms with Crippen LogP contribution in [0.25, 0.3) is 22.6 Å². The fourth-order valence-electron chi connectivity index (χ4n) is 3.34. The lowest BCUT2D eigenvalue weighted by molar-refractivity contribution is 0.100. The Morgan fingerprint density at radius 1 is 0.935 bits per heavy atom. The zero-order valence-electron chi connectivity index (χ0n) is 15.9. The molecule has 7 nitrogen and oxygen atoms in total. The second kappa shape index (κ2) is 7.94. The fraction of sp³-hybridized carbons (Fsp3) is 0.0455. The lowest BCUT2D eigenvalue weighted by Crippen LogP contribution is -2.04. The van der Waals surface area contributed by atoms with E-state index in [9.17, 15) is 4.79 Å². The third-order valence-electron chi connectivity index (χ3n) is 4.76. The molecule has 0 saturated heterocycles. The minimum Gasteiger partial charge on any atom is -0.410 e. The highest BCUT2D eigenvalue weighted by molar-refractivity contribution is 6.36. The van der Waals surface area contributed by atoms with E-state index >= 15 is 0 Å². The summed E-state index contributed by atoms with van der Waals surface area (Å²) in [6.07, 6.45) is 3.10. The molecular formula is C22H13Cl2N5O2. The van der Waals surface area contributed by atoms with Gasteiger partial charge in [0.25, 0.3) is 17.6 Å². The topological polar surface area (TPSA) is 86.7 Å². The molecule has 31 heavy (non-hydrogen) atoms. The zero-order valence-corrected chi connectivity index (χ0v) is 17.4. The van der Waals surface area contributed by atoms with Crippen LogP contribution in [0.15, 0.2) is 71.4 Å². The molecule has 3 aromatic heterocycles. The van der Waals surface area contributed by atoms with Gasteiger partial charge in [-0.15, -0.1) is 10.2 Å². The fourth-order valence-corrected chi connectivity index (χ4v) is 3.80. The normalized spacial score (nSPS) is 11.2. The Bertz CT molecular complexity index is 1390. The Hall–Kier alpha value is -3.55. The van der Waals surface area contributed by atoms with Crippen LogP contribution in [-0.4, -0.2) is 30.5 Å².